The summed E-state index contributed by atoms with van der Waals surface area (Å²) in [7, 11) is -3.87. The maximum atomic E-state index is 12.5. The van der Waals surface area contributed by atoms with Gasteiger partial charge in [-0.2, -0.15) is 0 Å². The van der Waals surface area contributed by atoms with Gasteiger partial charge >= 0.3 is 0 Å². The number of rotatable bonds is 7. The Labute approximate surface area is 185 Å². The Kier molecular flexibility index (Phi) is 6.17. The van der Waals surface area contributed by atoms with Gasteiger partial charge in [0.1, 0.15) is 0 Å². The number of aromatic nitrogens is 2. The lowest BCUT2D eigenvalue weighted by Gasteiger charge is -2.19. The van der Waals surface area contributed by atoms with Gasteiger partial charge in [-0.25, -0.2) is 23.1 Å². The molecular weight excluding hydrogens is 434 g/mol. The summed E-state index contributed by atoms with van der Waals surface area (Å²) in [6.45, 7) is 0.0456. The summed E-state index contributed by atoms with van der Waals surface area (Å²) < 4.78 is 27.1. The van der Waals surface area contributed by atoms with E-state index < -0.39 is 10.0 Å². The third-order valence-electron chi connectivity index (χ3n) is 5.73. The van der Waals surface area contributed by atoms with Crippen molar-refractivity contribution in [1.29, 1.82) is 0 Å². The highest BCUT2D eigenvalue weighted by atomic mass is 32.2. The molecule has 1 aromatic heterocycles. The molecule has 1 aliphatic carbocycles. The molecular formula is C21H23N5O5S. The maximum absolute atomic E-state index is 12.5. The molecule has 1 saturated carbocycles. The van der Waals surface area contributed by atoms with Gasteiger partial charge < -0.3 is 5.32 Å². The number of sulfonamides is 1. The molecule has 32 heavy (non-hydrogen) atoms. The van der Waals surface area contributed by atoms with Crippen molar-refractivity contribution in [1.82, 2.24) is 14.9 Å². The number of imide groups is 1. The fourth-order valence-electron chi connectivity index (χ4n) is 4.14. The summed E-state index contributed by atoms with van der Waals surface area (Å²) in [6.07, 6.45) is 6.18. The minimum Gasteiger partial charge on any atom is -0.326 e. The van der Waals surface area contributed by atoms with Crippen molar-refractivity contribution in [2.75, 3.05) is 16.6 Å². The van der Waals surface area contributed by atoms with Gasteiger partial charge in [-0.05, 0) is 43.2 Å². The molecule has 0 bridgehead atoms. The zero-order chi connectivity index (χ0) is 22.7. The van der Waals surface area contributed by atoms with Crippen molar-refractivity contribution in [3.8, 4) is 0 Å². The van der Waals surface area contributed by atoms with E-state index in [2.05, 4.69) is 20.0 Å². The van der Waals surface area contributed by atoms with Crippen LogP contribution in [0.4, 0.5) is 11.6 Å². The van der Waals surface area contributed by atoms with E-state index in [1.807, 2.05) is 0 Å². The maximum Gasteiger partial charge on any atom is 0.264 e. The molecule has 2 N–H and O–H groups in total. The number of carbonyl (C=O) groups is 3. The fourth-order valence-corrected chi connectivity index (χ4v) is 5.09. The average molecular weight is 458 g/mol. The Morgan fingerprint density at radius 3 is 2.19 bits per heavy atom. The van der Waals surface area contributed by atoms with E-state index in [0.29, 0.717) is 5.69 Å². The van der Waals surface area contributed by atoms with Crippen molar-refractivity contribution in [2.45, 2.75) is 37.0 Å². The van der Waals surface area contributed by atoms with Gasteiger partial charge in [0.05, 0.1) is 16.7 Å². The molecule has 1 saturated heterocycles. The lowest BCUT2D eigenvalue weighted by atomic mass is 9.81. The Morgan fingerprint density at radius 2 is 1.59 bits per heavy atom. The normalized spacial score (nSPS) is 20.7. The van der Waals surface area contributed by atoms with Crippen LogP contribution in [0.3, 0.4) is 0 Å². The number of amides is 3. The molecule has 0 spiro atoms. The van der Waals surface area contributed by atoms with Crippen LogP contribution < -0.4 is 10.0 Å². The molecule has 0 unspecified atom stereocenters. The number of benzene rings is 1. The molecule has 4 rings (SSSR count). The number of likely N-dealkylation sites (tertiary alicyclic amines) is 1. The van der Waals surface area contributed by atoms with Crippen LogP contribution in [0.25, 0.3) is 0 Å². The van der Waals surface area contributed by atoms with E-state index in [1.54, 1.807) is 6.07 Å². The van der Waals surface area contributed by atoms with Crippen LogP contribution in [0, 0.1) is 11.8 Å². The van der Waals surface area contributed by atoms with E-state index in [4.69, 9.17) is 0 Å². The number of carbonyl (C=O) groups excluding carboxylic acids is 3. The van der Waals surface area contributed by atoms with Crippen LogP contribution >= 0.6 is 0 Å². The lowest BCUT2D eigenvalue weighted by molar-refractivity contribution is -0.140. The van der Waals surface area contributed by atoms with Gasteiger partial charge in [-0.3, -0.25) is 19.3 Å². The first-order valence-electron chi connectivity index (χ1n) is 10.4. The van der Waals surface area contributed by atoms with E-state index in [-0.39, 0.29) is 53.4 Å². The molecule has 2 heterocycles. The first-order chi connectivity index (χ1) is 15.3. The molecule has 3 amide bonds. The topological polar surface area (TPSA) is 138 Å². The standard InChI is InChI=1S/C21H23N5O5S/c27-18(10-13-26-19(28)16-4-1-2-5-17(16)20(26)29)24-14-6-8-15(9-7-14)32(30,31)25-21-22-11-3-12-23-21/h3,6-9,11-12,16-17H,1-2,4-5,10,13H2,(H,24,27)(H,22,23,25)/t16-,17-/m0/s1. The Bertz CT molecular complexity index is 1100. The number of hydrogen-bond acceptors (Lipinski definition) is 7. The molecule has 1 aromatic carbocycles. The van der Waals surface area contributed by atoms with Gasteiger partial charge in [0.15, 0.2) is 0 Å². The van der Waals surface area contributed by atoms with Gasteiger partial charge in [0, 0.05) is 31.0 Å². The summed E-state index contributed by atoms with van der Waals surface area (Å²) in [4.78, 5) is 46.1. The highest BCUT2D eigenvalue weighted by molar-refractivity contribution is 7.92. The van der Waals surface area contributed by atoms with Crippen molar-refractivity contribution >= 4 is 39.4 Å². The van der Waals surface area contributed by atoms with Gasteiger partial charge in [-0.15, -0.1) is 0 Å². The van der Waals surface area contributed by atoms with Crippen molar-refractivity contribution in [2.24, 2.45) is 11.8 Å². The zero-order valence-corrected chi connectivity index (χ0v) is 18.0. The first kappa shape index (κ1) is 21.9. The molecule has 2 aliphatic rings. The summed E-state index contributed by atoms with van der Waals surface area (Å²) in [5, 5.41) is 2.66. The van der Waals surface area contributed by atoms with Crippen LogP contribution in [-0.2, 0) is 24.4 Å². The quantitative estimate of drug-likeness (QED) is 0.604. The summed E-state index contributed by atoms with van der Waals surface area (Å²) >= 11 is 0. The summed E-state index contributed by atoms with van der Waals surface area (Å²) in [5.74, 6) is -1.22. The van der Waals surface area contributed by atoms with Gasteiger partial charge in [0.25, 0.3) is 10.0 Å². The number of nitrogens with one attached hydrogen (secondary N) is 2. The Morgan fingerprint density at radius 1 is 1.00 bits per heavy atom. The molecule has 1 aliphatic heterocycles. The number of nitrogens with zero attached hydrogens (tertiary/aromatic N) is 3. The van der Waals surface area contributed by atoms with E-state index in [0.717, 1.165) is 25.7 Å². The fraction of sp³-hybridized carbons (Fsp3) is 0.381. The largest absolute Gasteiger partial charge is 0.326 e. The van der Waals surface area contributed by atoms with Crippen LogP contribution in [0.2, 0.25) is 0 Å². The number of fused-ring (bicyclic) bond motifs is 1. The first-order valence-corrected chi connectivity index (χ1v) is 11.9. The van der Waals surface area contributed by atoms with Gasteiger partial charge in [-0.1, -0.05) is 12.8 Å². The minimum atomic E-state index is -3.87. The second-order valence-corrected chi connectivity index (χ2v) is 9.51. The highest BCUT2D eigenvalue weighted by Crippen LogP contribution is 2.38. The Balaban J connectivity index is 1.32. The second kappa shape index (κ2) is 9.03. The molecule has 11 heteroatoms. The Hall–Kier alpha value is -3.34. The number of hydrogen-bond donors (Lipinski definition) is 2. The molecule has 168 valence electrons. The van der Waals surface area contributed by atoms with Gasteiger partial charge in [0.2, 0.25) is 23.7 Å². The molecule has 0 radical (unpaired) electrons. The van der Waals surface area contributed by atoms with Crippen molar-refractivity contribution in [3.05, 3.63) is 42.7 Å². The predicted molar refractivity (Wildman–Crippen MR) is 115 cm³/mol. The predicted octanol–water partition coefficient (Wildman–Crippen LogP) is 1.78. The van der Waals surface area contributed by atoms with Crippen molar-refractivity contribution < 1.29 is 22.8 Å². The average Bonchev–Trinajstić information content (AvgIpc) is 3.03. The minimum absolute atomic E-state index is 0.0150. The molecule has 2 fully saturated rings. The number of anilines is 2. The smallest absolute Gasteiger partial charge is 0.264 e. The van der Waals surface area contributed by atoms with E-state index >= 15 is 0 Å². The SMILES string of the molecule is O=C(CCN1C(=O)[C@H]2CCCC[C@@H]2C1=O)Nc1ccc(S(=O)(=O)Nc2ncccn2)cc1. The third kappa shape index (κ3) is 4.62. The van der Waals surface area contributed by atoms with Crippen LogP contribution in [0.1, 0.15) is 32.1 Å². The molecule has 10 nitrogen and oxygen atoms in total. The second-order valence-electron chi connectivity index (χ2n) is 7.83. The molecule has 2 atom stereocenters. The summed E-state index contributed by atoms with van der Waals surface area (Å²) in [6, 6.07) is 7.17. The van der Waals surface area contributed by atoms with Crippen LogP contribution in [0.15, 0.2) is 47.6 Å². The van der Waals surface area contributed by atoms with E-state index in [1.165, 1.54) is 41.6 Å². The van der Waals surface area contributed by atoms with Crippen LogP contribution in [0.5, 0.6) is 0 Å². The third-order valence-corrected chi connectivity index (χ3v) is 7.08. The van der Waals surface area contributed by atoms with E-state index in [9.17, 15) is 22.8 Å². The summed E-state index contributed by atoms with van der Waals surface area (Å²) in [5.41, 5.74) is 0.401. The van der Waals surface area contributed by atoms with Crippen LogP contribution in [-0.4, -0.2) is 47.6 Å². The monoisotopic (exact) mass is 457 g/mol. The van der Waals surface area contributed by atoms with Crippen molar-refractivity contribution in [3.63, 3.8) is 0 Å². The lowest BCUT2D eigenvalue weighted by Crippen LogP contribution is -2.34. The molecule has 2 aromatic rings. The zero-order valence-electron chi connectivity index (χ0n) is 17.2. The highest BCUT2D eigenvalue weighted by Gasteiger charge is 2.47.